The molecule has 0 aromatic heterocycles. The Labute approximate surface area is 85.0 Å². The Morgan fingerprint density at radius 1 is 1.54 bits per heavy atom. The van der Waals surface area contributed by atoms with Gasteiger partial charge >= 0.3 is 5.24 Å². The van der Waals surface area contributed by atoms with Crippen molar-refractivity contribution in [3.05, 3.63) is 0 Å². The second kappa shape index (κ2) is 5.40. The van der Waals surface area contributed by atoms with Crippen LogP contribution in [0.25, 0.3) is 0 Å². The first-order valence-corrected chi connectivity index (χ1v) is 4.82. The van der Waals surface area contributed by atoms with E-state index in [4.69, 9.17) is 26.8 Å². The Kier molecular flexibility index (Phi) is 5.25. The molecule has 0 spiro atoms. The average Bonchev–Trinajstić information content (AvgIpc) is 1.81. The van der Waals surface area contributed by atoms with Gasteiger partial charge < -0.3 is 14.6 Å². The van der Waals surface area contributed by atoms with E-state index in [0.717, 1.165) is 0 Å². The zero-order valence-electron chi connectivity index (χ0n) is 8.66. The van der Waals surface area contributed by atoms with E-state index in [2.05, 4.69) is 0 Å². The fourth-order valence-corrected chi connectivity index (χ4v) is 1.47. The number of thiocarbonyl (C=S) groups is 1. The third kappa shape index (κ3) is 6.78. The fourth-order valence-electron chi connectivity index (χ4n) is 1.13. The number of rotatable bonds is 4. The number of hydrogen-bond donors (Lipinski definition) is 1. The van der Waals surface area contributed by atoms with Crippen LogP contribution in [0.15, 0.2) is 0 Å². The molecule has 0 saturated carbocycles. The molecule has 0 aromatic carbocycles. The molecule has 0 aromatic rings. The Hall–Kier alpha value is -0.350. The molecule has 0 saturated heterocycles. The molecule has 13 heavy (non-hydrogen) atoms. The van der Waals surface area contributed by atoms with Gasteiger partial charge in [-0.15, -0.1) is 0 Å². The third-order valence-corrected chi connectivity index (χ3v) is 1.61. The first-order valence-electron chi connectivity index (χ1n) is 4.41. The third-order valence-electron chi connectivity index (χ3n) is 1.41. The molecule has 1 atom stereocenters. The minimum Gasteiger partial charge on any atom is -0.457 e. The van der Waals surface area contributed by atoms with E-state index in [1.807, 2.05) is 20.8 Å². The number of hydrogen-bond acceptors (Lipinski definition) is 4. The van der Waals surface area contributed by atoms with Crippen LogP contribution in [-0.4, -0.2) is 28.7 Å². The van der Waals surface area contributed by atoms with Crippen molar-refractivity contribution in [1.29, 1.82) is 0 Å². The molecular formula is C9H18O3S. The van der Waals surface area contributed by atoms with E-state index in [-0.39, 0.29) is 5.24 Å². The standard InChI is InChI=1S/C9H18O3S/c1-5-11-8(13)12-9(3,4)6-7(2)10/h7,10H,5-6H2,1-4H3/t7-/m0/s1. The predicted octanol–water partition coefficient (Wildman–Crippen LogP) is 1.87. The molecule has 78 valence electrons. The van der Waals surface area contributed by atoms with Crippen LogP contribution in [0.1, 0.15) is 34.1 Å². The summed E-state index contributed by atoms with van der Waals surface area (Å²) in [5, 5.41) is 9.31. The SMILES string of the molecule is CCOC(=S)OC(C)(C)C[C@H](C)O. The zero-order chi connectivity index (χ0) is 10.5. The number of aliphatic hydroxyl groups excluding tert-OH is 1. The lowest BCUT2D eigenvalue weighted by Gasteiger charge is -2.27. The molecule has 0 aliphatic rings. The van der Waals surface area contributed by atoms with Crippen LogP contribution < -0.4 is 0 Å². The lowest BCUT2D eigenvalue weighted by atomic mass is 10.0. The van der Waals surface area contributed by atoms with Gasteiger partial charge in [-0.3, -0.25) is 0 Å². The summed E-state index contributed by atoms with van der Waals surface area (Å²) in [6.45, 7) is 7.80. The summed E-state index contributed by atoms with van der Waals surface area (Å²) in [7, 11) is 0. The predicted molar refractivity (Wildman–Crippen MR) is 55.7 cm³/mol. The minimum atomic E-state index is -0.472. The van der Waals surface area contributed by atoms with Gasteiger partial charge in [0.15, 0.2) is 0 Å². The van der Waals surface area contributed by atoms with Gasteiger partial charge in [0, 0.05) is 18.6 Å². The topological polar surface area (TPSA) is 38.7 Å². The first kappa shape index (κ1) is 12.7. The van der Waals surface area contributed by atoms with Gasteiger partial charge in [-0.05, 0) is 27.7 Å². The van der Waals surface area contributed by atoms with E-state index in [9.17, 15) is 0 Å². The van der Waals surface area contributed by atoms with Crippen molar-refractivity contribution in [1.82, 2.24) is 0 Å². The molecule has 4 heteroatoms. The molecule has 0 amide bonds. The van der Waals surface area contributed by atoms with E-state index >= 15 is 0 Å². The maximum Gasteiger partial charge on any atom is 0.352 e. The molecule has 1 N–H and O–H groups in total. The van der Waals surface area contributed by atoms with Gasteiger partial charge in [-0.2, -0.15) is 0 Å². The average molecular weight is 206 g/mol. The van der Waals surface area contributed by atoms with Gasteiger partial charge in [-0.25, -0.2) is 0 Å². The summed E-state index contributed by atoms with van der Waals surface area (Å²) in [5.74, 6) is 0. The second-order valence-electron chi connectivity index (χ2n) is 3.60. The van der Waals surface area contributed by atoms with Crippen LogP contribution in [0, 0.1) is 0 Å². The van der Waals surface area contributed by atoms with Crippen LogP contribution in [0.3, 0.4) is 0 Å². The van der Waals surface area contributed by atoms with Crippen LogP contribution >= 0.6 is 12.2 Å². The van der Waals surface area contributed by atoms with Crippen molar-refractivity contribution in [2.24, 2.45) is 0 Å². The van der Waals surface area contributed by atoms with Gasteiger partial charge in [0.25, 0.3) is 0 Å². The van der Waals surface area contributed by atoms with Crippen LogP contribution in [0.4, 0.5) is 0 Å². The summed E-state index contributed by atoms with van der Waals surface area (Å²) in [5.41, 5.74) is -0.472. The van der Waals surface area contributed by atoms with Gasteiger partial charge in [-0.1, -0.05) is 0 Å². The minimum absolute atomic E-state index is 0.146. The van der Waals surface area contributed by atoms with E-state index < -0.39 is 11.7 Å². The van der Waals surface area contributed by atoms with Crippen LogP contribution in [-0.2, 0) is 9.47 Å². The largest absolute Gasteiger partial charge is 0.457 e. The Balaban J connectivity index is 3.93. The monoisotopic (exact) mass is 206 g/mol. The molecule has 0 bridgehead atoms. The quantitative estimate of drug-likeness (QED) is 0.713. The lowest BCUT2D eigenvalue weighted by molar-refractivity contribution is 0.0123. The second-order valence-corrected chi connectivity index (χ2v) is 3.93. The zero-order valence-corrected chi connectivity index (χ0v) is 9.48. The molecule has 0 rings (SSSR count). The summed E-state index contributed by atoms with van der Waals surface area (Å²) < 4.78 is 10.3. The highest BCUT2D eigenvalue weighted by Crippen LogP contribution is 2.17. The Bertz CT molecular complexity index is 166. The molecule has 0 aliphatic carbocycles. The highest BCUT2D eigenvalue weighted by Gasteiger charge is 2.23. The summed E-state index contributed by atoms with van der Waals surface area (Å²) >= 11 is 4.83. The maximum absolute atomic E-state index is 9.17. The molecular weight excluding hydrogens is 188 g/mol. The number of aliphatic hydroxyl groups is 1. The molecule has 0 heterocycles. The van der Waals surface area contributed by atoms with Crippen molar-refractivity contribution in [3.8, 4) is 0 Å². The van der Waals surface area contributed by atoms with Crippen molar-refractivity contribution in [2.45, 2.75) is 45.8 Å². The molecule has 0 fully saturated rings. The van der Waals surface area contributed by atoms with Crippen molar-refractivity contribution in [2.75, 3.05) is 6.61 Å². The van der Waals surface area contributed by atoms with Gasteiger partial charge in [0.1, 0.15) is 5.60 Å². The van der Waals surface area contributed by atoms with Crippen LogP contribution in [0.5, 0.6) is 0 Å². The normalized spacial score (nSPS) is 13.6. The highest BCUT2D eigenvalue weighted by atomic mass is 32.1. The van der Waals surface area contributed by atoms with Crippen molar-refractivity contribution in [3.63, 3.8) is 0 Å². The summed E-state index contributed by atoms with van der Waals surface area (Å²) in [4.78, 5) is 0. The lowest BCUT2D eigenvalue weighted by Crippen LogP contribution is -2.31. The molecule has 0 aliphatic heterocycles. The summed E-state index contributed by atoms with van der Waals surface area (Å²) in [6.07, 6.45) is 0.125. The van der Waals surface area contributed by atoms with E-state index in [0.29, 0.717) is 13.0 Å². The smallest absolute Gasteiger partial charge is 0.352 e. The number of ether oxygens (including phenoxy) is 2. The van der Waals surface area contributed by atoms with Crippen molar-refractivity contribution >= 4 is 17.5 Å². The first-order chi connectivity index (χ1) is 5.87. The molecule has 0 radical (unpaired) electrons. The van der Waals surface area contributed by atoms with Crippen molar-refractivity contribution < 1.29 is 14.6 Å². The fraction of sp³-hybridized carbons (Fsp3) is 0.889. The Morgan fingerprint density at radius 3 is 2.46 bits per heavy atom. The summed E-state index contributed by atoms with van der Waals surface area (Å²) in [6, 6.07) is 0. The van der Waals surface area contributed by atoms with Gasteiger partial charge in [0.2, 0.25) is 0 Å². The van der Waals surface area contributed by atoms with Crippen LogP contribution in [0.2, 0.25) is 0 Å². The van der Waals surface area contributed by atoms with Gasteiger partial charge in [0.05, 0.1) is 12.7 Å². The Morgan fingerprint density at radius 2 is 2.08 bits per heavy atom. The molecule has 0 unspecified atom stereocenters. The maximum atomic E-state index is 9.17. The van der Waals surface area contributed by atoms with E-state index in [1.54, 1.807) is 6.92 Å². The highest BCUT2D eigenvalue weighted by molar-refractivity contribution is 7.79. The molecule has 3 nitrogen and oxygen atoms in total. The van der Waals surface area contributed by atoms with E-state index in [1.165, 1.54) is 0 Å².